The SMILES string of the molecule is CCCNC(=NC)NCC(c1ccc(CC)cc1)N(C)C.I. The molecule has 0 aliphatic rings. The zero-order valence-corrected chi connectivity index (χ0v) is 16.8. The fourth-order valence-corrected chi connectivity index (χ4v) is 2.23. The van der Waals surface area contributed by atoms with E-state index in [9.17, 15) is 0 Å². The van der Waals surface area contributed by atoms with E-state index in [2.05, 4.69) is 72.7 Å². The van der Waals surface area contributed by atoms with Gasteiger partial charge in [-0.2, -0.15) is 0 Å². The van der Waals surface area contributed by atoms with Crippen LogP contribution in [0.25, 0.3) is 0 Å². The molecule has 0 aliphatic heterocycles. The lowest BCUT2D eigenvalue weighted by Gasteiger charge is -2.26. The van der Waals surface area contributed by atoms with E-state index in [1.54, 1.807) is 0 Å². The van der Waals surface area contributed by atoms with Crippen LogP contribution in [-0.2, 0) is 6.42 Å². The number of benzene rings is 1. The summed E-state index contributed by atoms with van der Waals surface area (Å²) in [4.78, 5) is 6.49. The van der Waals surface area contributed by atoms with Gasteiger partial charge in [-0.1, -0.05) is 38.1 Å². The molecule has 0 saturated heterocycles. The number of likely N-dealkylation sites (N-methyl/N-ethyl adjacent to an activating group) is 1. The van der Waals surface area contributed by atoms with Crippen molar-refractivity contribution in [3.8, 4) is 0 Å². The van der Waals surface area contributed by atoms with E-state index in [0.717, 1.165) is 31.9 Å². The number of guanidine groups is 1. The fourth-order valence-electron chi connectivity index (χ4n) is 2.23. The van der Waals surface area contributed by atoms with Crippen LogP contribution in [0.2, 0.25) is 0 Å². The summed E-state index contributed by atoms with van der Waals surface area (Å²) in [6.45, 7) is 6.11. The van der Waals surface area contributed by atoms with Crippen molar-refractivity contribution in [3.63, 3.8) is 0 Å². The lowest BCUT2D eigenvalue weighted by atomic mass is 10.0. The maximum absolute atomic E-state index is 4.25. The Morgan fingerprint density at radius 1 is 1.14 bits per heavy atom. The fraction of sp³-hybridized carbons (Fsp3) is 0.588. The number of nitrogens with one attached hydrogen (secondary N) is 2. The number of aryl methyl sites for hydroxylation is 1. The molecule has 0 aromatic heterocycles. The molecule has 0 bridgehead atoms. The predicted octanol–water partition coefficient (Wildman–Crippen LogP) is 3.04. The number of halogens is 1. The molecule has 0 amide bonds. The Kier molecular flexibility index (Phi) is 11.3. The normalized spacial score (nSPS) is 12.7. The van der Waals surface area contributed by atoms with Crippen LogP contribution in [0.5, 0.6) is 0 Å². The lowest BCUT2D eigenvalue weighted by molar-refractivity contribution is 0.298. The summed E-state index contributed by atoms with van der Waals surface area (Å²) in [6, 6.07) is 9.23. The molecule has 1 aromatic rings. The second kappa shape index (κ2) is 11.7. The molecule has 0 radical (unpaired) electrons. The molecule has 0 heterocycles. The number of hydrogen-bond donors (Lipinski definition) is 2. The third-order valence-corrected chi connectivity index (χ3v) is 3.62. The van der Waals surface area contributed by atoms with Crippen LogP contribution in [0.15, 0.2) is 29.3 Å². The van der Waals surface area contributed by atoms with Gasteiger partial charge in [0.25, 0.3) is 0 Å². The summed E-state index contributed by atoms with van der Waals surface area (Å²) < 4.78 is 0. The molecule has 2 N–H and O–H groups in total. The van der Waals surface area contributed by atoms with Crippen LogP contribution in [0.1, 0.15) is 37.4 Å². The Balaban J connectivity index is 0.00000441. The minimum Gasteiger partial charge on any atom is -0.356 e. The number of hydrogen-bond acceptors (Lipinski definition) is 2. The Morgan fingerprint density at radius 2 is 1.77 bits per heavy atom. The molecule has 1 unspecified atom stereocenters. The average molecular weight is 418 g/mol. The first-order valence-electron chi connectivity index (χ1n) is 7.82. The predicted molar refractivity (Wildman–Crippen MR) is 107 cm³/mol. The number of aliphatic imine (C=N–C) groups is 1. The number of rotatable bonds is 7. The van der Waals surface area contributed by atoms with Gasteiger partial charge in [-0.05, 0) is 38.1 Å². The van der Waals surface area contributed by atoms with Gasteiger partial charge in [0, 0.05) is 20.1 Å². The summed E-state index contributed by atoms with van der Waals surface area (Å²) in [6.07, 6.45) is 2.18. The van der Waals surface area contributed by atoms with Crippen LogP contribution >= 0.6 is 24.0 Å². The quantitative estimate of drug-likeness (QED) is 0.406. The monoisotopic (exact) mass is 418 g/mol. The molecule has 1 rings (SSSR count). The third-order valence-electron chi connectivity index (χ3n) is 3.62. The second-order valence-electron chi connectivity index (χ2n) is 5.45. The van der Waals surface area contributed by atoms with Crippen LogP contribution in [-0.4, -0.2) is 45.1 Å². The van der Waals surface area contributed by atoms with Crippen molar-refractivity contribution in [2.45, 2.75) is 32.7 Å². The molecule has 126 valence electrons. The van der Waals surface area contributed by atoms with E-state index in [4.69, 9.17) is 0 Å². The van der Waals surface area contributed by atoms with Crippen molar-refractivity contribution in [3.05, 3.63) is 35.4 Å². The summed E-state index contributed by atoms with van der Waals surface area (Å²) in [5.74, 6) is 0.869. The number of nitrogens with zero attached hydrogens (tertiary/aromatic N) is 2. The largest absolute Gasteiger partial charge is 0.356 e. The molecule has 0 saturated carbocycles. The molecule has 0 fully saturated rings. The first kappa shape index (κ1) is 21.2. The van der Waals surface area contributed by atoms with Crippen molar-refractivity contribution >= 4 is 29.9 Å². The van der Waals surface area contributed by atoms with Gasteiger partial charge in [0.1, 0.15) is 0 Å². The van der Waals surface area contributed by atoms with Gasteiger partial charge in [0.05, 0.1) is 6.04 Å². The Morgan fingerprint density at radius 3 is 2.23 bits per heavy atom. The van der Waals surface area contributed by atoms with Crippen LogP contribution in [0.3, 0.4) is 0 Å². The highest BCUT2D eigenvalue weighted by molar-refractivity contribution is 14.0. The maximum Gasteiger partial charge on any atom is 0.191 e. The summed E-state index contributed by atoms with van der Waals surface area (Å²) >= 11 is 0. The molecular formula is C17H31IN4. The van der Waals surface area contributed by atoms with Crippen molar-refractivity contribution in [1.29, 1.82) is 0 Å². The van der Waals surface area contributed by atoms with E-state index >= 15 is 0 Å². The van der Waals surface area contributed by atoms with Gasteiger partial charge in [0.15, 0.2) is 5.96 Å². The minimum absolute atomic E-state index is 0. The van der Waals surface area contributed by atoms with Gasteiger partial charge in [0.2, 0.25) is 0 Å². The zero-order valence-electron chi connectivity index (χ0n) is 14.5. The Labute approximate surface area is 152 Å². The molecule has 22 heavy (non-hydrogen) atoms. The van der Waals surface area contributed by atoms with Gasteiger partial charge < -0.3 is 15.5 Å². The molecule has 1 aromatic carbocycles. The maximum atomic E-state index is 4.25. The van der Waals surface area contributed by atoms with E-state index in [0.29, 0.717) is 6.04 Å². The van der Waals surface area contributed by atoms with Gasteiger partial charge in [-0.15, -0.1) is 24.0 Å². The topological polar surface area (TPSA) is 39.7 Å². The first-order chi connectivity index (χ1) is 10.1. The van der Waals surface area contributed by atoms with Crippen LogP contribution in [0, 0.1) is 0 Å². The van der Waals surface area contributed by atoms with Crippen molar-refractivity contribution in [1.82, 2.24) is 15.5 Å². The molecule has 0 spiro atoms. The molecule has 1 atom stereocenters. The van der Waals surface area contributed by atoms with E-state index < -0.39 is 0 Å². The van der Waals surface area contributed by atoms with E-state index in [1.165, 1.54) is 11.1 Å². The highest BCUT2D eigenvalue weighted by Crippen LogP contribution is 2.18. The average Bonchev–Trinajstić information content (AvgIpc) is 2.50. The molecule has 4 nitrogen and oxygen atoms in total. The summed E-state index contributed by atoms with van der Waals surface area (Å²) in [7, 11) is 6.04. The van der Waals surface area contributed by atoms with Gasteiger partial charge >= 0.3 is 0 Å². The van der Waals surface area contributed by atoms with Crippen molar-refractivity contribution in [2.75, 3.05) is 34.2 Å². The van der Waals surface area contributed by atoms with Crippen LogP contribution < -0.4 is 10.6 Å². The zero-order chi connectivity index (χ0) is 15.7. The molecular weight excluding hydrogens is 387 g/mol. The minimum atomic E-state index is 0. The summed E-state index contributed by atoms with van der Waals surface area (Å²) in [5, 5.41) is 6.71. The lowest BCUT2D eigenvalue weighted by Crippen LogP contribution is -2.41. The second-order valence-corrected chi connectivity index (χ2v) is 5.45. The molecule has 5 heteroatoms. The molecule has 0 aliphatic carbocycles. The first-order valence-corrected chi connectivity index (χ1v) is 7.82. The van der Waals surface area contributed by atoms with Crippen molar-refractivity contribution in [2.24, 2.45) is 4.99 Å². The summed E-state index contributed by atoms with van der Waals surface area (Å²) in [5.41, 5.74) is 2.71. The van der Waals surface area contributed by atoms with E-state index in [1.807, 2.05) is 7.05 Å². The standard InChI is InChI=1S/C17H30N4.HI/c1-6-12-19-17(18-3)20-13-16(21(4)5)15-10-8-14(7-2)9-11-15;/h8-11,16H,6-7,12-13H2,1-5H3,(H2,18,19,20);1H. The smallest absolute Gasteiger partial charge is 0.191 e. The van der Waals surface area contributed by atoms with Gasteiger partial charge in [-0.25, -0.2) is 0 Å². The van der Waals surface area contributed by atoms with E-state index in [-0.39, 0.29) is 24.0 Å². The third kappa shape index (κ3) is 6.96. The van der Waals surface area contributed by atoms with Crippen molar-refractivity contribution < 1.29 is 0 Å². The highest BCUT2D eigenvalue weighted by Gasteiger charge is 2.14. The van der Waals surface area contributed by atoms with Gasteiger partial charge in [-0.3, -0.25) is 4.99 Å². The highest BCUT2D eigenvalue weighted by atomic mass is 127. The Hall–Kier alpha value is -0.820. The Bertz CT molecular complexity index is 429. The van der Waals surface area contributed by atoms with Crippen LogP contribution in [0.4, 0.5) is 0 Å².